The Balaban J connectivity index is 2.07. The van der Waals surface area contributed by atoms with Crippen molar-refractivity contribution in [2.24, 2.45) is 0 Å². The third-order valence-corrected chi connectivity index (χ3v) is 4.13. The summed E-state index contributed by atoms with van der Waals surface area (Å²) >= 11 is 0. The number of allylic oxidation sites excluding steroid dienone is 1. The highest BCUT2D eigenvalue weighted by Crippen LogP contribution is 2.41. The number of nitrogens with zero attached hydrogens (tertiary/aromatic N) is 1. The number of rotatable bonds is 1. The molecule has 2 N–H and O–H groups in total. The average Bonchev–Trinajstić information content (AvgIpc) is 2.82. The van der Waals surface area contributed by atoms with Gasteiger partial charge in [-0.25, -0.2) is 0 Å². The van der Waals surface area contributed by atoms with Gasteiger partial charge in [0.2, 0.25) is 0 Å². The number of aliphatic hydroxyl groups excluding tert-OH is 1. The second kappa shape index (κ2) is 3.88. The number of amides is 1. The predicted molar refractivity (Wildman–Crippen MR) is 64.3 cm³/mol. The van der Waals surface area contributed by atoms with Gasteiger partial charge in [-0.05, 0) is 45.2 Å². The molecule has 1 unspecified atom stereocenters. The molecule has 3 aliphatic rings. The lowest BCUT2D eigenvalue weighted by atomic mass is 9.79. The third-order valence-electron chi connectivity index (χ3n) is 4.13. The molecule has 0 saturated carbocycles. The molecule has 0 aromatic rings. The van der Waals surface area contributed by atoms with Crippen LogP contribution in [0.3, 0.4) is 0 Å². The van der Waals surface area contributed by atoms with E-state index in [2.05, 4.69) is 16.3 Å². The van der Waals surface area contributed by atoms with Gasteiger partial charge in [0.05, 0.1) is 0 Å². The summed E-state index contributed by atoms with van der Waals surface area (Å²) in [5.41, 5.74) is 0.471. The van der Waals surface area contributed by atoms with E-state index in [0.717, 1.165) is 38.0 Å². The van der Waals surface area contributed by atoms with Crippen molar-refractivity contribution in [3.05, 3.63) is 23.6 Å². The summed E-state index contributed by atoms with van der Waals surface area (Å²) in [6.07, 6.45) is 8.73. The summed E-state index contributed by atoms with van der Waals surface area (Å²) in [5.74, 6) is 0.0274. The van der Waals surface area contributed by atoms with Crippen molar-refractivity contribution >= 4 is 5.91 Å². The number of carbonyl (C=O) groups excluding carboxylic acids is 1. The first kappa shape index (κ1) is 10.8. The van der Waals surface area contributed by atoms with Crippen LogP contribution in [0.15, 0.2) is 23.6 Å². The Labute approximate surface area is 101 Å². The van der Waals surface area contributed by atoms with Crippen molar-refractivity contribution in [2.45, 2.75) is 37.6 Å². The Hall–Kier alpha value is -1.29. The summed E-state index contributed by atoms with van der Waals surface area (Å²) in [6.45, 7) is 2.01. The van der Waals surface area contributed by atoms with E-state index in [4.69, 9.17) is 0 Å². The highest BCUT2D eigenvalue weighted by Gasteiger charge is 2.48. The molecule has 4 heteroatoms. The van der Waals surface area contributed by atoms with Gasteiger partial charge in [0.15, 0.2) is 0 Å². The van der Waals surface area contributed by atoms with E-state index in [0.29, 0.717) is 0 Å². The normalized spacial score (nSPS) is 33.8. The Bertz CT molecular complexity index is 408. The molecule has 2 aliphatic heterocycles. The maximum Gasteiger partial charge on any atom is 0.251 e. The maximum atomic E-state index is 11.5. The Morgan fingerprint density at radius 1 is 1.29 bits per heavy atom. The van der Waals surface area contributed by atoms with E-state index in [1.165, 1.54) is 18.9 Å². The van der Waals surface area contributed by atoms with Gasteiger partial charge in [-0.3, -0.25) is 9.69 Å². The van der Waals surface area contributed by atoms with Gasteiger partial charge in [0.1, 0.15) is 11.3 Å². The molecular formula is C13H18N2O2. The van der Waals surface area contributed by atoms with Gasteiger partial charge < -0.3 is 10.4 Å². The van der Waals surface area contributed by atoms with Crippen LogP contribution in [0.25, 0.3) is 0 Å². The van der Waals surface area contributed by atoms with E-state index in [1.54, 1.807) is 0 Å². The van der Waals surface area contributed by atoms with Gasteiger partial charge in [0, 0.05) is 11.8 Å². The van der Waals surface area contributed by atoms with Gasteiger partial charge in [-0.1, -0.05) is 6.08 Å². The minimum absolute atomic E-state index is 0.203. The first-order valence-electron chi connectivity index (χ1n) is 6.41. The van der Waals surface area contributed by atoms with E-state index >= 15 is 0 Å². The van der Waals surface area contributed by atoms with Gasteiger partial charge >= 0.3 is 0 Å². The molecular weight excluding hydrogens is 216 g/mol. The molecule has 92 valence electrons. The number of hydrogen-bond acceptors (Lipinski definition) is 3. The Kier molecular flexibility index (Phi) is 2.47. The van der Waals surface area contributed by atoms with Crippen molar-refractivity contribution in [1.29, 1.82) is 0 Å². The largest absolute Gasteiger partial charge is 0.510 e. The van der Waals surface area contributed by atoms with Crippen LogP contribution >= 0.6 is 0 Å². The standard InChI is InChI=1S/C13H18N2O2/c16-11-9-12(17)14-10-5-1-2-6-13(10,11)15-7-3-4-8-15/h5,9,16H,1-4,6-8H2,(H,14,17). The zero-order valence-electron chi connectivity index (χ0n) is 9.91. The highest BCUT2D eigenvalue weighted by atomic mass is 16.3. The Morgan fingerprint density at radius 2 is 2.06 bits per heavy atom. The SMILES string of the molecule is O=C1C=C(O)C2(N3CCCC3)CCCC=C2N1. The van der Waals surface area contributed by atoms with E-state index < -0.39 is 5.54 Å². The lowest BCUT2D eigenvalue weighted by molar-refractivity contribution is -0.117. The zero-order chi connectivity index (χ0) is 11.9. The third kappa shape index (κ3) is 1.51. The second-order valence-electron chi connectivity index (χ2n) is 5.08. The van der Waals surface area contributed by atoms with E-state index in [-0.39, 0.29) is 11.7 Å². The van der Waals surface area contributed by atoms with Gasteiger partial charge in [0.25, 0.3) is 5.91 Å². The van der Waals surface area contributed by atoms with Gasteiger partial charge in [-0.2, -0.15) is 0 Å². The maximum absolute atomic E-state index is 11.5. The van der Waals surface area contributed by atoms with Crippen LogP contribution in [0.1, 0.15) is 32.1 Å². The van der Waals surface area contributed by atoms with Crippen molar-refractivity contribution in [3.63, 3.8) is 0 Å². The molecule has 0 aromatic heterocycles. The number of carbonyl (C=O) groups is 1. The summed E-state index contributed by atoms with van der Waals surface area (Å²) in [5, 5.41) is 13.2. The number of fused-ring (bicyclic) bond motifs is 1. The molecule has 17 heavy (non-hydrogen) atoms. The van der Waals surface area contributed by atoms with Crippen LogP contribution in [0.4, 0.5) is 0 Å². The fraction of sp³-hybridized carbons (Fsp3) is 0.615. The number of likely N-dealkylation sites (tertiary alicyclic amines) is 1. The summed E-state index contributed by atoms with van der Waals surface area (Å²) in [6, 6.07) is 0. The zero-order valence-corrected chi connectivity index (χ0v) is 9.91. The van der Waals surface area contributed by atoms with Crippen LogP contribution in [-0.4, -0.2) is 34.5 Å². The number of nitrogens with one attached hydrogen (secondary N) is 1. The van der Waals surface area contributed by atoms with Crippen LogP contribution in [-0.2, 0) is 4.79 Å². The lowest BCUT2D eigenvalue weighted by Gasteiger charge is -2.46. The van der Waals surface area contributed by atoms with Crippen LogP contribution in [0.5, 0.6) is 0 Å². The molecule has 0 spiro atoms. The molecule has 1 fully saturated rings. The molecule has 4 nitrogen and oxygen atoms in total. The molecule has 1 amide bonds. The Morgan fingerprint density at radius 3 is 2.82 bits per heavy atom. The molecule has 1 atom stereocenters. The smallest absolute Gasteiger partial charge is 0.251 e. The predicted octanol–water partition coefficient (Wildman–Crippen LogP) is 1.46. The summed E-state index contributed by atoms with van der Waals surface area (Å²) in [4.78, 5) is 13.8. The van der Waals surface area contributed by atoms with E-state index in [1.807, 2.05) is 0 Å². The first-order chi connectivity index (χ1) is 8.23. The fourth-order valence-corrected chi connectivity index (χ4v) is 3.33. The minimum atomic E-state index is -0.428. The second-order valence-corrected chi connectivity index (χ2v) is 5.08. The molecule has 1 aliphatic carbocycles. The average molecular weight is 234 g/mol. The molecule has 0 radical (unpaired) electrons. The topological polar surface area (TPSA) is 52.6 Å². The number of aliphatic hydroxyl groups is 1. The monoisotopic (exact) mass is 234 g/mol. The lowest BCUT2D eigenvalue weighted by Crippen LogP contribution is -2.57. The molecule has 0 aromatic carbocycles. The highest BCUT2D eigenvalue weighted by molar-refractivity contribution is 5.92. The van der Waals surface area contributed by atoms with Crippen LogP contribution in [0.2, 0.25) is 0 Å². The van der Waals surface area contributed by atoms with Crippen molar-refractivity contribution < 1.29 is 9.90 Å². The van der Waals surface area contributed by atoms with Crippen molar-refractivity contribution in [3.8, 4) is 0 Å². The number of hydrogen-bond donors (Lipinski definition) is 2. The molecule has 2 heterocycles. The molecule has 1 saturated heterocycles. The quantitative estimate of drug-likeness (QED) is 0.722. The molecule has 3 rings (SSSR count). The minimum Gasteiger partial charge on any atom is -0.510 e. The fourth-order valence-electron chi connectivity index (χ4n) is 3.33. The van der Waals surface area contributed by atoms with Crippen LogP contribution in [0, 0.1) is 0 Å². The summed E-state index contributed by atoms with van der Waals surface area (Å²) < 4.78 is 0. The molecule has 0 bridgehead atoms. The first-order valence-corrected chi connectivity index (χ1v) is 6.41. The van der Waals surface area contributed by atoms with Gasteiger partial charge in [-0.15, -0.1) is 0 Å². The summed E-state index contributed by atoms with van der Waals surface area (Å²) in [7, 11) is 0. The van der Waals surface area contributed by atoms with Crippen molar-refractivity contribution in [2.75, 3.05) is 13.1 Å². The van der Waals surface area contributed by atoms with Crippen LogP contribution < -0.4 is 5.32 Å². The van der Waals surface area contributed by atoms with E-state index in [9.17, 15) is 9.90 Å². The van der Waals surface area contributed by atoms with Crippen molar-refractivity contribution in [1.82, 2.24) is 10.2 Å².